The van der Waals surface area contributed by atoms with Crippen LogP contribution in [0.5, 0.6) is 0 Å². The van der Waals surface area contributed by atoms with Crippen LogP contribution in [0.1, 0.15) is 37.7 Å². The molecule has 2 atom stereocenters. The second-order valence-corrected chi connectivity index (χ2v) is 16.7. The van der Waals surface area contributed by atoms with E-state index >= 15 is 0 Å². The maximum atomic E-state index is 7.00. The van der Waals surface area contributed by atoms with E-state index in [-0.39, 0.29) is 6.17 Å². The Morgan fingerprint density at radius 3 is 2.03 bits per heavy atom. The van der Waals surface area contributed by atoms with Gasteiger partial charge in [-0.25, -0.2) is 4.99 Å². The van der Waals surface area contributed by atoms with Gasteiger partial charge in [0.25, 0.3) is 0 Å². The average molecular weight is 804 g/mol. The number of amidine groups is 1. The van der Waals surface area contributed by atoms with Crippen molar-refractivity contribution in [3.05, 3.63) is 211 Å². The van der Waals surface area contributed by atoms with Crippen molar-refractivity contribution in [2.45, 2.75) is 44.9 Å². The van der Waals surface area contributed by atoms with Gasteiger partial charge >= 0.3 is 0 Å². The molecular weight excluding hydrogens is 755 g/mol. The molecule has 11 rings (SSSR count). The van der Waals surface area contributed by atoms with Gasteiger partial charge in [-0.3, -0.25) is 5.32 Å². The van der Waals surface area contributed by atoms with E-state index in [4.69, 9.17) is 10.7 Å². The monoisotopic (exact) mass is 803 g/mol. The fourth-order valence-corrected chi connectivity index (χ4v) is 9.98. The SMILES string of the molecule is NC(=NC(NCn1c2ccccc2c2ccc3c4ccccc4n(-c4ccccc4-c4ccccc4)c3c21)C1=CCCC(C2C=CCCC2)=C1)c1ccc(-c2ccccc2)cc1. The van der Waals surface area contributed by atoms with Crippen LogP contribution in [0.2, 0.25) is 0 Å². The van der Waals surface area contributed by atoms with E-state index in [0.717, 1.165) is 29.7 Å². The number of aliphatic imine (C=N–C) groups is 1. The number of hydrogen-bond acceptors (Lipinski definition) is 2. The van der Waals surface area contributed by atoms with Crippen molar-refractivity contribution in [1.82, 2.24) is 14.5 Å². The van der Waals surface area contributed by atoms with Crippen molar-refractivity contribution in [3.8, 4) is 27.9 Å². The summed E-state index contributed by atoms with van der Waals surface area (Å²) in [4.78, 5) is 5.35. The molecule has 2 unspecified atom stereocenters. The van der Waals surface area contributed by atoms with Crippen LogP contribution < -0.4 is 11.1 Å². The summed E-state index contributed by atoms with van der Waals surface area (Å²) in [5.74, 6) is 0.995. The lowest BCUT2D eigenvalue weighted by molar-refractivity contribution is 0.517. The Balaban J connectivity index is 1.07. The van der Waals surface area contributed by atoms with Gasteiger partial charge in [-0.15, -0.1) is 0 Å². The molecule has 2 aliphatic rings. The number of fused-ring (bicyclic) bond motifs is 7. The third-order valence-corrected chi connectivity index (χ3v) is 13.0. The molecule has 0 amide bonds. The maximum Gasteiger partial charge on any atom is 0.128 e. The van der Waals surface area contributed by atoms with Gasteiger partial charge in [0.2, 0.25) is 0 Å². The highest BCUT2D eigenvalue weighted by molar-refractivity contribution is 6.23. The first-order valence-corrected chi connectivity index (χ1v) is 22.1. The predicted octanol–water partition coefficient (Wildman–Crippen LogP) is 13.5. The van der Waals surface area contributed by atoms with Crippen LogP contribution in [0.25, 0.3) is 71.6 Å². The van der Waals surface area contributed by atoms with Gasteiger partial charge in [0.15, 0.2) is 0 Å². The Morgan fingerprint density at radius 1 is 0.629 bits per heavy atom. The van der Waals surface area contributed by atoms with Gasteiger partial charge in [-0.05, 0) is 78.5 Å². The lowest BCUT2D eigenvalue weighted by Gasteiger charge is -2.26. The highest BCUT2D eigenvalue weighted by Gasteiger charge is 2.24. The quantitative estimate of drug-likeness (QED) is 0.0822. The molecule has 9 aromatic rings. The van der Waals surface area contributed by atoms with E-state index in [1.54, 1.807) is 0 Å². The fourth-order valence-electron chi connectivity index (χ4n) is 9.98. The Hall–Kier alpha value is -7.21. The molecule has 3 N–H and O–H groups in total. The number of para-hydroxylation sites is 3. The van der Waals surface area contributed by atoms with Crippen LogP contribution in [0.4, 0.5) is 0 Å². The number of aromatic nitrogens is 2. The normalized spacial score (nSPS) is 16.3. The summed E-state index contributed by atoms with van der Waals surface area (Å²) in [6, 6.07) is 60.8. The van der Waals surface area contributed by atoms with E-state index in [1.165, 1.54) is 90.7 Å². The van der Waals surface area contributed by atoms with E-state index in [9.17, 15) is 0 Å². The summed E-state index contributed by atoms with van der Waals surface area (Å²) < 4.78 is 4.96. The minimum atomic E-state index is -0.369. The summed E-state index contributed by atoms with van der Waals surface area (Å²) in [5, 5.41) is 8.88. The zero-order chi connectivity index (χ0) is 41.4. The highest BCUT2D eigenvalue weighted by atomic mass is 15.2. The van der Waals surface area contributed by atoms with Crippen molar-refractivity contribution in [2.24, 2.45) is 16.6 Å². The minimum Gasteiger partial charge on any atom is -0.383 e. The van der Waals surface area contributed by atoms with Crippen LogP contribution in [-0.4, -0.2) is 21.1 Å². The van der Waals surface area contributed by atoms with Crippen molar-refractivity contribution < 1.29 is 0 Å². The van der Waals surface area contributed by atoms with Crippen LogP contribution >= 0.6 is 0 Å². The van der Waals surface area contributed by atoms with Gasteiger partial charge in [0, 0.05) is 32.7 Å². The van der Waals surface area contributed by atoms with Crippen molar-refractivity contribution in [2.75, 3.05) is 0 Å². The summed E-state index contributed by atoms with van der Waals surface area (Å²) >= 11 is 0. The topological polar surface area (TPSA) is 60.3 Å². The van der Waals surface area contributed by atoms with Gasteiger partial charge in [-0.1, -0.05) is 182 Å². The molecule has 5 nitrogen and oxygen atoms in total. The van der Waals surface area contributed by atoms with Crippen LogP contribution in [0, 0.1) is 5.92 Å². The third kappa shape index (κ3) is 6.85. The zero-order valence-corrected chi connectivity index (χ0v) is 34.8. The number of benzene rings is 7. The molecule has 0 aliphatic heterocycles. The van der Waals surface area contributed by atoms with Gasteiger partial charge in [-0.2, -0.15) is 0 Å². The Morgan fingerprint density at radius 2 is 1.27 bits per heavy atom. The fraction of sp³-hybridized carbons (Fsp3) is 0.140. The first kappa shape index (κ1) is 37.8. The standard InChI is InChI=1S/C57H49N5/c58-56(43-33-31-41(32-34-43)39-17-4-1-5-18-39)60-57(45-24-16-23-44(37-45)40-19-6-2-7-20-40)59-38-61-51-28-13-11-26-47(51)49-35-36-50-48-27-12-15-30-53(48)62(55(50)54(49)61)52-29-14-10-25-46(52)42-21-8-3-9-22-42/h1,3-6,8-15,17-19,21-22,24-37,40,57,59H,2,7,16,20,23,38H2,(H2,58,60). The van der Waals surface area contributed by atoms with E-state index < -0.39 is 0 Å². The van der Waals surface area contributed by atoms with Crippen molar-refractivity contribution >= 4 is 49.4 Å². The molecule has 0 radical (unpaired) electrons. The number of rotatable bonds is 10. The molecule has 302 valence electrons. The van der Waals surface area contributed by atoms with Crippen LogP contribution in [0.3, 0.4) is 0 Å². The minimum absolute atomic E-state index is 0.369. The molecule has 0 saturated carbocycles. The molecule has 62 heavy (non-hydrogen) atoms. The smallest absolute Gasteiger partial charge is 0.128 e. The molecule has 2 aliphatic carbocycles. The zero-order valence-electron chi connectivity index (χ0n) is 34.8. The highest BCUT2D eigenvalue weighted by Crippen LogP contribution is 2.42. The first-order chi connectivity index (χ1) is 30.7. The van der Waals surface area contributed by atoms with Gasteiger partial charge < -0.3 is 14.9 Å². The second-order valence-electron chi connectivity index (χ2n) is 16.7. The van der Waals surface area contributed by atoms with Crippen LogP contribution in [0.15, 0.2) is 210 Å². The molecule has 0 fully saturated rings. The Bertz CT molecular complexity index is 3220. The van der Waals surface area contributed by atoms with Gasteiger partial charge in [0.1, 0.15) is 12.0 Å². The molecular formula is C57H49N5. The summed E-state index contributed by atoms with van der Waals surface area (Å²) in [5.41, 5.74) is 21.2. The summed E-state index contributed by atoms with van der Waals surface area (Å²) in [7, 11) is 0. The Kier molecular flexibility index (Phi) is 9.95. The maximum absolute atomic E-state index is 7.00. The summed E-state index contributed by atoms with van der Waals surface area (Å²) in [6.07, 6.45) is 14.9. The summed E-state index contributed by atoms with van der Waals surface area (Å²) in [6.45, 7) is 0.517. The number of hydrogen-bond donors (Lipinski definition) is 2. The molecule has 2 heterocycles. The first-order valence-electron chi connectivity index (χ1n) is 22.1. The molecule has 2 aromatic heterocycles. The predicted molar refractivity (Wildman–Crippen MR) is 261 cm³/mol. The number of allylic oxidation sites excluding steroid dienone is 4. The number of nitrogens with one attached hydrogen (secondary N) is 1. The van der Waals surface area contributed by atoms with Crippen molar-refractivity contribution in [3.63, 3.8) is 0 Å². The van der Waals surface area contributed by atoms with Crippen LogP contribution in [-0.2, 0) is 6.67 Å². The van der Waals surface area contributed by atoms with E-state index in [2.05, 4.69) is 203 Å². The molecule has 0 saturated heterocycles. The number of nitrogens with two attached hydrogens (primary N) is 1. The largest absolute Gasteiger partial charge is 0.383 e. The second kappa shape index (κ2) is 16.3. The molecule has 0 bridgehead atoms. The number of nitrogens with zero attached hydrogens (tertiary/aromatic N) is 3. The van der Waals surface area contributed by atoms with Gasteiger partial charge in [0.05, 0.1) is 34.4 Å². The average Bonchev–Trinajstić information content (AvgIpc) is 3.86. The molecule has 5 heteroatoms. The van der Waals surface area contributed by atoms with E-state index in [1.807, 2.05) is 6.07 Å². The lowest BCUT2D eigenvalue weighted by atomic mass is 9.83. The van der Waals surface area contributed by atoms with Crippen molar-refractivity contribution in [1.29, 1.82) is 0 Å². The lowest BCUT2D eigenvalue weighted by Crippen LogP contribution is -2.34. The van der Waals surface area contributed by atoms with E-state index in [0.29, 0.717) is 18.4 Å². The Labute approximate surface area is 362 Å². The third-order valence-electron chi connectivity index (χ3n) is 13.0. The molecule has 7 aromatic carbocycles. The molecule has 0 spiro atoms.